The summed E-state index contributed by atoms with van der Waals surface area (Å²) < 4.78 is 20.5. The lowest BCUT2D eigenvalue weighted by Crippen LogP contribution is -2.20. The predicted molar refractivity (Wildman–Crippen MR) is 132 cm³/mol. The summed E-state index contributed by atoms with van der Waals surface area (Å²) in [6.45, 7) is 0.296. The molecule has 6 heteroatoms. The first kappa shape index (κ1) is 21.4. The summed E-state index contributed by atoms with van der Waals surface area (Å²) >= 11 is 0. The van der Waals surface area contributed by atoms with E-state index in [9.17, 15) is 9.18 Å². The van der Waals surface area contributed by atoms with Crippen LogP contribution in [-0.2, 0) is 11.3 Å². The zero-order chi connectivity index (χ0) is 23.5. The molecule has 2 heterocycles. The second kappa shape index (κ2) is 9.19. The Morgan fingerprint density at radius 1 is 1.00 bits per heavy atom. The van der Waals surface area contributed by atoms with Gasteiger partial charge in [-0.15, -0.1) is 0 Å². The van der Waals surface area contributed by atoms with Crippen LogP contribution in [-0.4, -0.2) is 22.6 Å². The van der Waals surface area contributed by atoms with Gasteiger partial charge in [0.2, 0.25) is 5.91 Å². The monoisotopic (exact) mass is 451 g/mol. The Kier molecular flexibility index (Phi) is 5.79. The topological polar surface area (TPSA) is 56.1 Å². The molecule has 0 atom stereocenters. The number of rotatable bonds is 6. The number of methoxy groups -OCH3 is 1. The number of amides is 1. The minimum atomic E-state index is -0.309. The number of para-hydroxylation sites is 1. The number of fused-ring (bicyclic) bond motifs is 3. The van der Waals surface area contributed by atoms with Crippen molar-refractivity contribution in [1.29, 1.82) is 0 Å². The molecule has 1 amide bonds. The zero-order valence-electron chi connectivity index (χ0n) is 18.5. The number of hydrogen-bond donors (Lipinski definition) is 1. The lowest BCUT2D eigenvalue weighted by Gasteiger charge is -2.09. The van der Waals surface area contributed by atoms with E-state index in [0.29, 0.717) is 6.54 Å². The highest BCUT2D eigenvalue weighted by molar-refractivity contribution is 6.09. The number of carbonyl (C=O) groups is 1. The molecule has 0 spiro atoms. The standard InChI is InChI=1S/C28H22FN3O2/c1-34-23-13-11-22(12-14-23)32-26-5-3-2-4-24(26)25-16-21(30-18-27(25)32)17-31-28(33)15-8-19-6-9-20(29)10-7-19/h2-16,18H,17H2,1H3,(H,31,33)/b15-8+. The highest BCUT2D eigenvalue weighted by Crippen LogP contribution is 2.32. The molecule has 0 radical (unpaired) electrons. The maximum Gasteiger partial charge on any atom is 0.244 e. The molecule has 0 aliphatic heterocycles. The number of ether oxygens (including phenoxy) is 1. The van der Waals surface area contributed by atoms with Gasteiger partial charge in [-0.25, -0.2) is 4.39 Å². The van der Waals surface area contributed by atoms with Gasteiger partial charge in [0.1, 0.15) is 11.6 Å². The second-order valence-electron chi connectivity index (χ2n) is 7.85. The average Bonchev–Trinajstić information content (AvgIpc) is 3.21. The summed E-state index contributed by atoms with van der Waals surface area (Å²) in [5.41, 5.74) is 4.59. The fraction of sp³-hybridized carbons (Fsp3) is 0.0714. The van der Waals surface area contributed by atoms with Crippen LogP contribution in [0, 0.1) is 5.82 Å². The summed E-state index contributed by atoms with van der Waals surface area (Å²) in [7, 11) is 1.65. The summed E-state index contributed by atoms with van der Waals surface area (Å²) in [6.07, 6.45) is 4.92. The van der Waals surface area contributed by atoms with E-state index in [4.69, 9.17) is 4.74 Å². The Bertz CT molecular complexity index is 1500. The van der Waals surface area contributed by atoms with Crippen LogP contribution < -0.4 is 10.1 Å². The minimum absolute atomic E-state index is 0.244. The third kappa shape index (κ3) is 4.26. The van der Waals surface area contributed by atoms with Gasteiger partial charge in [0.25, 0.3) is 0 Å². The first-order valence-electron chi connectivity index (χ1n) is 10.9. The van der Waals surface area contributed by atoms with E-state index < -0.39 is 0 Å². The Labute approximate surface area is 196 Å². The van der Waals surface area contributed by atoms with Crippen molar-refractivity contribution in [3.63, 3.8) is 0 Å². The van der Waals surface area contributed by atoms with Crippen LogP contribution >= 0.6 is 0 Å². The summed E-state index contributed by atoms with van der Waals surface area (Å²) in [5.74, 6) is 0.248. The normalized spacial score (nSPS) is 11.4. The molecule has 0 aliphatic carbocycles. The molecule has 1 N–H and O–H groups in total. The van der Waals surface area contributed by atoms with Crippen LogP contribution in [0.1, 0.15) is 11.3 Å². The number of pyridine rings is 1. The Hall–Kier alpha value is -4.45. The number of carbonyl (C=O) groups excluding carboxylic acids is 1. The molecule has 5 aromatic rings. The largest absolute Gasteiger partial charge is 0.497 e. The maximum atomic E-state index is 13.0. The van der Waals surface area contributed by atoms with Crippen molar-refractivity contribution in [2.75, 3.05) is 7.11 Å². The average molecular weight is 452 g/mol. The van der Waals surface area contributed by atoms with Gasteiger partial charge in [0.05, 0.1) is 36.6 Å². The zero-order valence-corrected chi connectivity index (χ0v) is 18.5. The van der Waals surface area contributed by atoms with Gasteiger partial charge in [-0.2, -0.15) is 0 Å². The van der Waals surface area contributed by atoms with Gasteiger partial charge in [-0.05, 0) is 60.2 Å². The molecule has 168 valence electrons. The van der Waals surface area contributed by atoms with Crippen molar-refractivity contribution in [2.45, 2.75) is 6.54 Å². The molecule has 5 rings (SSSR count). The van der Waals surface area contributed by atoms with Gasteiger partial charge < -0.3 is 14.6 Å². The molecule has 0 aliphatic rings. The van der Waals surface area contributed by atoms with E-state index in [1.165, 1.54) is 18.2 Å². The van der Waals surface area contributed by atoms with E-state index in [-0.39, 0.29) is 11.7 Å². The van der Waals surface area contributed by atoms with Crippen LogP contribution in [0.25, 0.3) is 33.6 Å². The van der Waals surface area contributed by atoms with Crippen LogP contribution in [0.5, 0.6) is 5.75 Å². The van der Waals surface area contributed by atoms with E-state index >= 15 is 0 Å². The molecular weight excluding hydrogens is 429 g/mol. The van der Waals surface area contributed by atoms with Gasteiger partial charge >= 0.3 is 0 Å². The number of nitrogens with one attached hydrogen (secondary N) is 1. The summed E-state index contributed by atoms with van der Waals surface area (Å²) in [4.78, 5) is 16.9. The molecule has 0 fully saturated rings. The van der Waals surface area contributed by atoms with E-state index in [2.05, 4.69) is 27.0 Å². The highest BCUT2D eigenvalue weighted by atomic mass is 19.1. The molecule has 2 aromatic heterocycles. The Morgan fingerprint density at radius 2 is 1.76 bits per heavy atom. The van der Waals surface area contributed by atoms with Crippen molar-refractivity contribution in [3.8, 4) is 11.4 Å². The second-order valence-corrected chi connectivity index (χ2v) is 7.85. The third-order valence-electron chi connectivity index (χ3n) is 5.69. The molecule has 0 saturated heterocycles. The number of aromatic nitrogens is 2. The van der Waals surface area contributed by atoms with Gasteiger partial charge in [0, 0.05) is 22.5 Å². The molecule has 5 nitrogen and oxygen atoms in total. The summed E-state index contributed by atoms with van der Waals surface area (Å²) in [5, 5.41) is 5.03. The number of benzene rings is 3. The van der Waals surface area contributed by atoms with Gasteiger partial charge in [0.15, 0.2) is 0 Å². The molecule has 34 heavy (non-hydrogen) atoms. The first-order valence-corrected chi connectivity index (χ1v) is 10.9. The quantitative estimate of drug-likeness (QED) is 0.339. The van der Waals surface area contributed by atoms with E-state index in [1.54, 1.807) is 25.3 Å². The number of nitrogens with zero attached hydrogens (tertiary/aromatic N) is 2. The number of hydrogen-bond acceptors (Lipinski definition) is 3. The predicted octanol–water partition coefficient (Wildman–Crippen LogP) is 5.66. The molecule has 0 bridgehead atoms. The molecule has 0 unspecified atom stereocenters. The third-order valence-corrected chi connectivity index (χ3v) is 5.69. The first-order chi connectivity index (χ1) is 16.6. The van der Waals surface area contributed by atoms with E-state index in [1.807, 2.05) is 48.7 Å². The molecule has 0 saturated carbocycles. The van der Waals surface area contributed by atoms with Crippen molar-refractivity contribution >= 4 is 33.8 Å². The van der Waals surface area contributed by atoms with Crippen molar-refractivity contribution in [3.05, 3.63) is 108 Å². The van der Waals surface area contributed by atoms with Gasteiger partial charge in [-0.3, -0.25) is 9.78 Å². The van der Waals surface area contributed by atoms with E-state index in [0.717, 1.165) is 44.5 Å². The van der Waals surface area contributed by atoms with Crippen molar-refractivity contribution in [1.82, 2.24) is 14.9 Å². The fourth-order valence-corrected chi connectivity index (χ4v) is 4.00. The molecular formula is C28H22FN3O2. The van der Waals surface area contributed by atoms with Crippen LogP contribution in [0.4, 0.5) is 4.39 Å². The lowest BCUT2D eigenvalue weighted by molar-refractivity contribution is -0.116. The smallest absolute Gasteiger partial charge is 0.244 e. The van der Waals surface area contributed by atoms with Gasteiger partial charge in [-0.1, -0.05) is 30.3 Å². The number of halogens is 1. The summed E-state index contributed by atoms with van der Waals surface area (Å²) in [6, 6.07) is 24.1. The minimum Gasteiger partial charge on any atom is -0.497 e. The van der Waals surface area contributed by atoms with Crippen molar-refractivity contribution in [2.24, 2.45) is 0 Å². The Balaban J connectivity index is 1.41. The fourth-order valence-electron chi connectivity index (χ4n) is 4.00. The highest BCUT2D eigenvalue weighted by Gasteiger charge is 2.13. The molecule has 3 aromatic carbocycles. The maximum absolute atomic E-state index is 13.0. The van der Waals surface area contributed by atoms with Crippen LogP contribution in [0.2, 0.25) is 0 Å². The van der Waals surface area contributed by atoms with Crippen LogP contribution in [0.15, 0.2) is 91.1 Å². The SMILES string of the molecule is COc1ccc(-n2c3ccccc3c3cc(CNC(=O)/C=C/c4ccc(F)cc4)ncc32)cc1. The van der Waals surface area contributed by atoms with Crippen LogP contribution in [0.3, 0.4) is 0 Å². The van der Waals surface area contributed by atoms with Crippen molar-refractivity contribution < 1.29 is 13.9 Å². The lowest BCUT2D eigenvalue weighted by atomic mass is 10.1. The Morgan fingerprint density at radius 3 is 2.53 bits per heavy atom.